The van der Waals surface area contributed by atoms with Crippen molar-refractivity contribution in [1.29, 1.82) is 0 Å². The molecule has 1 heterocycles. The molecule has 0 aromatic carbocycles. The van der Waals surface area contributed by atoms with E-state index in [-0.39, 0.29) is 0 Å². The number of hydrogen-bond acceptors (Lipinski definition) is 3. The van der Waals surface area contributed by atoms with E-state index in [4.69, 9.17) is 4.74 Å². The number of ether oxygens (including phenoxy) is 1. The second-order valence-corrected chi connectivity index (χ2v) is 4.20. The molecule has 0 unspecified atom stereocenters. The van der Waals surface area contributed by atoms with Crippen molar-refractivity contribution in [3.63, 3.8) is 0 Å². The molecule has 0 aliphatic rings. The van der Waals surface area contributed by atoms with Gasteiger partial charge in [0.2, 0.25) is 0 Å². The molecule has 96 valence electrons. The van der Waals surface area contributed by atoms with E-state index in [1.165, 1.54) is 12.8 Å². The summed E-state index contributed by atoms with van der Waals surface area (Å²) in [7, 11) is 0. The zero-order valence-corrected chi connectivity index (χ0v) is 11.3. The number of unbranched alkanes of at least 4 members (excludes halogenated alkanes) is 1. The predicted molar refractivity (Wildman–Crippen MR) is 71.6 cm³/mol. The molecule has 0 radical (unpaired) electrons. The third kappa shape index (κ3) is 5.18. The first kappa shape index (κ1) is 14.0. The van der Waals surface area contributed by atoms with Crippen LogP contribution in [0.5, 0.6) is 5.75 Å². The van der Waals surface area contributed by atoms with E-state index in [1.54, 1.807) is 0 Å². The standard InChI is InChI=1S/C14H24N2O/c1-4-6-9-15-10-11-17-14-8-7-12(3)16-13(14)5-2/h7-8,15H,4-6,9-11H2,1-3H3. The van der Waals surface area contributed by atoms with Crippen molar-refractivity contribution in [3.05, 3.63) is 23.5 Å². The normalized spacial score (nSPS) is 10.5. The fourth-order valence-corrected chi connectivity index (χ4v) is 1.64. The van der Waals surface area contributed by atoms with Gasteiger partial charge in [0.25, 0.3) is 0 Å². The van der Waals surface area contributed by atoms with Crippen LogP contribution in [0.2, 0.25) is 0 Å². The summed E-state index contributed by atoms with van der Waals surface area (Å²) in [6, 6.07) is 4.02. The molecule has 1 aromatic rings. The molecule has 0 aliphatic heterocycles. The monoisotopic (exact) mass is 236 g/mol. The molecule has 17 heavy (non-hydrogen) atoms. The fourth-order valence-electron chi connectivity index (χ4n) is 1.64. The Morgan fingerprint density at radius 2 is 2.06 bits per heavy atom. The number of nitrogens with one attached hydrogen (secondary N) is 1. The maximum Gasteiger partial charge on any atom is 0.140 e. The number of hydrogen-bond donors (Lipinski definition) is 1. The molecule has 0 saturated heterocycles. The molecule has 0 amide bonds. The topological polar surface area (TPSA) is 34.1 Å². The molecule has 0 atom stereocenters. The minimum atomic E-state index is 0.710. The summed E-state index contributed by atoms with van der Waals surface area (Å²) < 4.78 is 5.74. The van der Waals surface area contributed by atoms with Crippen LogP contribution in [0.3, 0.4) is 0 Å². The second-order valence-electron chi connectivity index (χ2n) is 4.20. The van der Waals surface area contributed by atoms with Gasteiger partial charge in [0.15, 0.2) is 0 Å². The Morgan fingerprint density at radius 3 is 2.76 bits per heavy atom. The second kappa shape index (κ2) is 8.07. The number of pyridine rings is 1. The Labute approximate surface area is 105 Å². The van der Waals surface area contributed by atoms with E-state index in [0.29, 0.717) is 6.61 Å². The molecule has 0 spiro atoms. The Hall–Kier alpha value is -1.09. The van der Waals surface area contributed by atoms with Crippen LogP contribution in [0, 0.1) is 6.92 Å². The summed E-state index contributed by atoms with van der Waals surface area (Å²) in [4.78, 5) is 4.47. The molecule has 1 rings (SSSR count). The lowest BCUT2D eigenvalue weighted by atomic mass is 10.2. The summed E-state index contributed by atoms with van der Waals surface area (Å²) in [6.07, 6.45) is 3.38. The number of aromatic nitrogens is 1. The average molecular weight is 236 g/mol. The SMILES string of the molecule is CCCCNCCOc1ccc(C)nc1CC. The lowest BCUT2D eigenvalue weighted by molar-refractivity contribution is 0.309. The van der Waals surface area contributed by atoms with Crippen molar-refractivity contribution in [3.8, 4) is 5.75 Å². The van der Waals surface area contributed by atoms with E-state index in [1.807, 2.05) is 19.1 Å². The van der Waals surface area contributed by atoms with E-state index in [2.05, 4.69) is 24.1 Å². The zero-order chi connectivity index (χ0) is 12.5. The maximum atomic E-state index is 5.74. The van der Waals surface area contributed by atoms with Crippen LogP contribution in [-0.4, -0.2) is 24.7 Å². The lowest BCUT2D eigenvalue weighted by Crippen LogP contribution is -2.22. The molecule has 0 aliphatic carbocycles. The highest BCUT2D eigenvalue weighted by Crippen LogP contribution is 2.16. The third-order valence-corrected chi connectivity index (χ3v) is 2.65. The first-order chi connectivity index (χ1) is 8.27. The first-order valence-corrected chi connectivity index (χ1v) is 6.58. The molecule has 0 fully saturated rings. The minimum absolute atomic E-state index is 0.710. The van der Waals surface area contributed by atoms with Gasteiger partial charge in [0.1, 0.15) is 12.4 Å². The summed E-state index contributed by atoms with van der Waals surface area (Å²) in [5.74, 6) is 0.926. The van der Waals surface area contributed by atoms with Gasteiger partial charge in [-0.3, -0.25) is 4.98 Å². The quantitative estimate of drug-likeness (QED) is 0.705. The van der Waals surface area contributed by atoms with Crippen molar-refractivity contribution in [1.82, 2.24) is 10.3 Å². The van der Waals surface area contributed by atoms with Gasteiger partial charge in [-0.15, -0.1) is 0 Å². The van der Waals surface area contributed by atoms with Gasteiger partial charge in [0.05, 0.1) is 5.69 Å². The number of rotatable bonds is 8. The van der Waals surface area contributed by atoms with E-state index >= 15 is 0 Å². The van der Waals surface area contributed by atoms with Crippen LogP contribution in [0.4, 0.5) is 0 Å². The van der Waals surface area contributed by atoms with E-state index in [0.717, 1.165) is 36.6 Å². The van der Waals surface area contributed by atoms with Crippen LogP contribution >= 0.6 is 0 Å². The van der Waals surface area contributed by atoms with E-state index < -0.39 is 0 Å². The lowest BCUT2D eigenvalue weighted by Gasteiger charge is -2.10. The fraction of sp³-hybridized carbons (Fsp3) is 0.643. The van der Waals surface area contributed by atoms with Crippen LogP contribution in [0.1, 0.15) is 38.1 Å². The average Bonchev–Trinajstić information content (AvgIpc) is 2.35. The molecule has 1 aromatic heterocycles. The molecule has 3 nitrogen and oxygen atoms in total. The van der Waals surface area contributed by atoms with Gasteiger partial charge in [-0.05, 0) is 38.4 Å². The smallest absolute Gasteiger partial charge is 0.140 e. The van der Waals surface area contributed by atoms with Crippen molar-refractivity contribution in [2.45, 2.75) is 40.0 Å². The Kier molecular flexibility index (Phi) is 6.63. The zero-order valence-electron chi connectivity index (χ0n) is 11.3. The predicted octanol–water partition coefficient (Wildman–Crippen LogP) is 2.72. The van der Waals surface area contributed by atoms with Gasteiger partial charge in [-0.25, -0.2) is 0 Å². The molecule has 3 heteroatoms. The molecular formula is C14H24N2O. The highest BCUT2D eigenvalue weighted by atomic mass is 16.5. The molecular weight excluding hydrogens is 212 g/mol. The van der Waals surface area contributed by atoms with Crippen LogP contribution in [-0.2, 0) is 6.42 Å². The largest absolute Gasteiger partial charge is 0.490 e. The number of nitrogens with zero attached hydrogens (tertiary/aromatic N) is 1. The van der Waals surface area contributed by atoms with Crippen LogP contribution in [0.25, 0.3) is 0 Å². The molecule has 0 saturated carbocycles. The Balaban J connectivity index is 2.31. The molecule has 1 N–H and O–H groups in total. The summed E-state index contributed by atoms with van der Waals surface area (Å²) >= 11 is 0. The number of aryl methyl sites for hydroxylation is 2. The third-order valence-electron chi connectivity index (χ3n) is 2.65. The van der Waals surface area contributed by atoms with Crippen LogP contribution in [0.15, 0.2) is 12.1 Å². The van der Waals surface area contributed by atoms with Gasteiger partial charge >= 0.3 is 0 Å². The van der Waals surface area contributed by atoms with E-state index in [9.17, 15) is 0 Å². The first-order valence-electron chi connectivity index (χ1n) is 6.58. The van der Waals surface area contributed by atoms with Gasteiger partial charge in [0, 0.05) is 12.2 Å². The van der Waals surface area contributed by atoms with Gasteiger partial charge in [-0.1, -0.05) is 20.3 Å². The van der Waals surface area contributed by atoms with Crippen molar-refractivity contribution in [2.24, 2.45) is 0 Å². The van der Waals surface area contributed by atoms with Gasteiger partial charge in [-0.2, -0.15) is 0 Å². The highest BCUT2D eigenvalue weighted by Gasteiger charge is 2.03. The summed E-state index contributed by atoms with van der Waals surface area (Å²) in [5, 5.41) is 3.36. The highest BCUT2D eigenvalue weighted by molar-refractivity contribution is 5.29. The van der Waals surface area contributed by atoms with Gasteiger partial charge < -0.3 is 10.1 Å². The Morgan fingerprint density at radius 1 is 1.24 bits per heavy atom. The maximum absolute atomic E-state index is 5.74. The van der Waals surface area contributed by atoms with Crippen molar-refractivity contribution in [2.75, 3.05) is 19.7 Å². The minimum Gasteiger partial charge on any atom is -0.490 e. The summed E-state index contributed by atoms with van der Waals surface area (Å²) in [6.45, 7) is 9.00. The molecule has 0 bridgehead atoms. The van der Waals surface area contributed by atoms with Crippen LogP contribution < -0.4 is 10.1 Å². The van der Waals surface area contributed by atoms with Crippen molar-refractivity contribution < 1.29 is 4.74 Å². The summed E-state index contributed by atoms with van der Waals surface area (Å²) in [5.41, 5.74) is 2.11. The van der Waals surface area contributed by atoms with Crippen molar-refractivity contribution >= 4 is 0 Å². The Bertz CT molecular complexity index is 326.